The fourth-order valence-corrected chi connectivity index (χ4v) is 12.8. The van der Waals surface area contributed by atoms with Gasteiger partial charge in [0.05, 0.1) is 0 Å². The SMILES string of the molecule is CCCCCCCCCCc1onc(-c2c(C)cc(C)cc2C)c1I(OS(=O)(=O)c1ccc(C)cc1)c1ccccc1. The molecule has 3 aromatic carbocycles. The Morgan fingerprint density at radius 1 is 0.762 bits per heavy atom. The molecular formula is C35H44INO4S. The van der Waals surface area contributed by atoms with Crippen LogP contribution in [0.1, 0.15) is 86.3 Å². The van der Waals surface area contributed by atoms with Gasteiger partial charge in [0.25, 0.3) is 0 Å². The fraction of sp³-hybridized carbons (Fsp3) is 0.400. The molecule has 0 amide bonds. The molecule has 1 aromatic heterocycles. The molecule has 0 aliphatic rings. The summed E-state index contributed by atoms with van der Waals surface area (Å²) >= 11 is -3.08. The van der Waals surface area contributed by atoms with E-state index in [2.05, 4.69) is 45.0 Å². The molecule has 0 aliphatic carbocycles. The van der Waals surface area contributed by atoms with Gasteiger partial charge in [-0.2, -0.15) is 0 Å². The number of nitrogens with zero attached hydrogens (tertiary/aromatic N) is 1. The topological polar surface area (TPSA) is 69.4 Å². The Labute approximate surface area is 260 Å². The van der Waals surface area contributed by atoms with Crippen LogP contribution < -0.4 is 0 Å². The van der Waals surface area contributed by atoms with Crippen molar-refractivity contribution in [3.05, 3.63) is 102 Å². The molecule has 7 heteroatoms. The van der Waals surface area contributed by atoms with Crippen molar-refractivity contribution in [3.63, 3.8) is 0 Å². The number of hydrogen-bond donors (Lipinski definition) is 0. The molecule has 0 fully saturated rings. The third-order valence-electron chi connectivity index (χ3n) is 7.43. The molecule has 0 spiro atoms. The Balaban J connectivity index is 1.75. The van der Waals surface area contributed by atoms with Crippen LogP contribution in [-0.2, 0) is 19.1 Å². The minimum absolute atomic E-state index is 0.164. The predicted octanol–water partition coefficient (Wildman–Crippen LogP) is 10.1. The van der Waals surface area contributed by atoms with Gasteiger partial charge in [-0.25, -0.2) is 0 Å². The van der Waals surface area contributed by atoms with Gasteiger partial charge in [0.15, 0.2) is 0 Å². The third-order valence-corrected chi connectivity index (χ3v) is 15.0. The molecule has 0 bridgehead atoms. The first kappa shape index (κ1) is 32.4. The molecule has 0 N–H and O–H groups in total. The van der Waals surface area contributed by atoms with Gasteiger partial charge in [0, 0.05) is 0 Å². The van der Waals surface area contributed by atoms with E-state index in [4.69, 9.17) is 7.04 Å². The maximum absolute atomic E-state index is 13.7. The molecule has 0 radical (unpaired) electrons. The van der Waals surface area contributed by atoms with Gasteiger partial charge in [-0.15, -0.1) is 0 Å². The summed E-state index contributed by atoms with van der Waals surface area (Å²) in [5.41, 5.74) is 6.06. The van der Waals surface area contributed by atoms with Gasteiger partial charge >= 0.3 is 261 Å². The van der Waals surface area contributed by atoms with Crippen molar-refractivity contribution in [2.45, 2.75) is 97.3 Å². The maximum atomic E-state index is 13.7. The van der Waals surface area contributed by atoms with Crippen molar-refractivity contribution < 1.29 is 15.5 Å². The molecule has 226 valence electrons. The Morgan fingerprint density at radius 3 is 1.98 bits per heavy atom. The van der Waals surface area contributed by atoms with Crippen molar-refractivity contribution in [2.24, 2.45) is 0 Å². The summed E-state index contributed by atoms with van der Waals surface area (Å²) in [7, 11) is -4.03. The average Bonchev–Trinajstić information content (AvgIpc) is 3.36. The van der Waals surface area contributed by atoms with E-state index in [1.807, 2.05) is 37.3 Å². The second-order valence-corrected chi connectivity index (χ2v) is 17.5. The van der Waals surface area contributed by atoms with Crippen LogP contribution in [0.4, 0.5) is 0 Å². The molecule has 5 nitrogen and oxygen atoms in total. The molecule has 4 rings (SSSR count). The van der Waals surface area contributed by atoms with Crippen LogP contribution in [0.25, 0.3) is 11.3 Å². The molecule has 0 saturated heterocycles. The van der Waals surface area contributed by atoms with Crippen molar-refractivity contribution in [1.29, 1.82) is 0 Å². The number of rotatable bonds is 15. The molecule has 0 atom stereocenters. The first-order chi connectivity index (χ1) is 20.2. The molecule has 42 heavy (non-hydrogen) atoms. The molecule has 0 aliphatic heterocycles. The molecule has 1 heterocycles. The van der Waals surface area contributed by atoms with Crippen LogP contribution in [0.15, 0.2) is 76.1 Å². The minimum atomic E-state index is -4.03. The zero-order valence-corrected chi connectivity index (χ0v) is 28.6. The number of hydrogen-bond acceptors (Lipinski definition) is 5. The van der Waals surface area contributed by atoms with Crippen LogP contribution >= 0.6 is 20.2 Å². The summed E-state index contributed by atoms with van der Waals surface area (Å²) < 4.78 is 41.6. The first-order valence-corrected chi connectivity index (χ1v) is 19.5. The monoisotopic (exact) mass is 701 g/mol. The van der Waals surface area contributed by atoms with Gasteiger partial charge in [-0.3, -0.25) is 0 Å². The second kappa shape index (κ2) is 15.3. The number of aromatic nitrogens is 1. The molecule has 0 unspecified atom stereocenters. The van der Waals surface area contributed by atoms with Crippen LogP contribution in [-0.4, -0.2) is 13.6 Å². The number of aryl methyl sites for hydroxylation is 5. The Kier molecular flexibility index (Phi) is 11.8. The van der Waals surface area contributed by atoms with E-state index in [0.717, 1.165) is 48.0 Å². The predicted molar refractivity (Wildman–Crippen MR) is 180 cm³/mol. The number of unbranched alkanes of at least 4 members (excludes halogenated alkanes) is 7. The summed E-state index contributed by atoms with van der Waals surface area (Å²) in [6.45, 7) is 10.4. The van der Waals surface area contributed by atoms with Gasteiger partial charge in [0.2, 0.25) is 0 Å². The Bertz CT molecular complexity index is 1520. The summed E-state index contributed by atoms with van der Waals surface area (Å²) in [6.07, 6.45) is 10.4. The van der Waals surface area contributed by atoms with Crippen LogP contribution in [0.2, 0.25) is 0 Å². The quantitative estimate of drug-likeness (QED) is 0.0912. The normalized spacial score (nSPS) is 12.1. The van der Waals surface area contributed by atoms with E-state index >= 15 is 0 Å². The van der Waals surface area contributed by atoms with Crippen LogP contribution in [0, 0.1) is 34.8 Å². The van der Waals surface area contributed by atoms with Crippen LogP contribution in [0.5, 0.6) is 0 Å². The zero-order chi connectivity index (χ0) is 30.1. The summed E-state index contributed by atoms with van der Waals surface area (Å²) in [5, 5.41) is 4.64. The number of benzene rings is 3. The van der Waals surface area contributed by atoms with Crippen molar-refractivity contribution in [1.82, 2.24) is 5.16 Å². The van der Waals surface area contributed by atoms with E-state index in [9.17, 15) is 8.42 Å². The summed E-state index contributed by atoms with van der Waals surface area (Å²) in [5.74, 6) is 0.753. The van der Waals surface area contributed by atoms with Crippen LogP contribution in [0.3, 0.4) is 0 Å². The van der Waals surface area contributed by atoms with Gasteiger partial charge in [0.1, 0.15) is 0 Å². The standard InChI is InChI=1S/C35H44INO4S/c1-6-7-8-9-10-11-12-16-19-32-34(35(37-40-32)33-28(4)24-27(3)25-29(33)5)36(30-17-14-13-15-18-30)41-42(38,39)31-22-20-26(2)21-23-31/h13-15,17-18,20-25H,6-12,16,19H2,1-5H3. The van der Waals surface area contributed by atoms with E-state index in [0.29, 0.717) is 12.1 Å². The van der Waals surface area contributed by atoms with E-state index < -0.39 is 30.4 Å². The first-order valence-electron chi connectivity index (χ1n) is 15.0. The Morgan fingerprint density at radius 2 is 1.36 bits per heavy atom. The van der Waals surface area contributed by atoms with Crippen molar-refractivity contribution in [3.8, 4) is 11.3 Å². The zero-order valence-electron chi connectivity index (χ0n) is 25.6. The molecule has 0 saturated carbocycles. The second-order valence-electron chi connectivity index (χ2n) is 11.1. The van der Waals surface area contributed by atoms with E-state index in [1.54, 1.807) is 24.3 Å². The average molecular weight is 702 g/mol. The molecule has 4 aromatic rings. The Hall–Kier alpha value is -2.49. The van der Waals surface area contributed by atoms with E-state index in [1.165, 1.54) is 44.1 Å². The molecular weight excluding hydrogens is 657 g/mol. The summed E-state index contributed by atoms with van der Waals surface area (Å²) in [4.78, 5) is 0.164. The van der Waals surface area contributed by atoms with E-state index in [-0.39, 0.29) is 4.90 Å². The third kappa shape index (κ3) is 8.32. The van der Waals surface area contributed by atoms with Gasteiger partial charge < -0.3 is 0 Å². The fourth-order valence-electron chi connectivity index (χ4n) is 5.30. The van der Waals surface area contributed by atoms with Gasteiger partial charge in [-0.1, -0.05) is 0 Å². The van der Waals surface area contributed by atoms with Crippen molar-refractivity contribution in [2.75, 3.05) is 0 Å². The van der Waals surface area contributed by atoms with Gasteiger partial charge in [-0.05, 0) is 0 Å². The summed E-state index contributed by atoms with van der Waals surface area (Å²) in [6, 6.07) is 20.9. The number of halogens is 1. The van der Waals surface area contributed by atoms with Crippen molar-refractivity contribution >= 4 is 30.4 Å².